The highest BCUT2D eigenvalue weighted by Crippen LogP contribution is 2.42. The third kappa shape index (κ3) is 5.46. The predicted octanol–water partition coefficient (Wildman–Crippen LogP) is 4.55. The lowest BCUT2D eigenvalue weighted by Gasteiger charge is -2.28. The van der Waals surface area contributed by atoms with Crippen LogP contribution in [0.2, 0.25) is 0 Å². The van der Waals surface area contributed by atoms with Crippen molar-refractivity contribution in [2.45, 2.75) is 44.4 Å². The van der Waals surface area contributed by atoms with Crippen molar-refractivity contribution in [2.24, 2.45) is 0 Å². The molecule has 2 aliphatic rings. The van der Waals surface area contributed by atoms with Crippen LogP contribution in [-0.4, -0.2) is 50.3 Å². The number of benzene rings is 2. The molecule has 1 aliphatic carbocycles. The minimum absolute atomic E-state index is 0.106. The second-order valence-electron chi connectivity index (χ2n) is 8.79. The molecule has 1 saturated carbocycles. The summed E-state index contributed by atoms with van der Waals surface area (Å²) in [5.41, 5.74) is 2.75. The molecule has 1 saturated heterocycles. The Hall–Kier alpha value is -2.37. The van der Waals surface area contributed by atoms with Crippen molar-refractivity contribution >= 4 is 11.6 Å². The monoisotopic (exact) mass is 422 g/mol. The molecular weight excluding hydrogens is 388 g/mol. The number of carbonyl (C=O) groups is 1. The van der Waals surface area contributed by atoms with Gasteiger partial charge in [0.05, 0.1) is 25.2 Å². The molecule has 166 valence electrons. The van der Waals surface area contributed by atoms with Crippen LogP contribution in [-0.2, 0) is 14.9 Å². The Kier molecular flexibility index (Phi) is 7.25. The summed E-state index contributed by atoms with van der Waals surface area (Å²) in [4.78, 5) is 15.8. The average molecular weight is 423 g/mol. The van der Waals surface area contributed by atoms with Crippen LogP contribution in [0.4, 0.5) is 5.69 Å². The number of rotatable bonds is 8. The van der Waals surface area contributed by atoms with Gasteiger partial charge >= 0.3 is 0 Å². The molecule has 2 aromatic carbocycles. The molecule has 5 heteroatoms. The predicted molar refractivity (Wildman–Crippen MR) is 124 cm³/mol. The van der Waals surface area contributed by atoms with Crippen LogP contribution in [0.15, 0.2) is 48.5 Å². The van der Waals surface area contributed by atoms with Gasteiger partial charge in [-0.3, -0.25) is 9.69 Å². The van der Waals surface area contributed by atoms with E-state index in [4.69, 9.17) is 9.47 Å². The summed E-state index contributed by atoms with van der Waals surface area (Å²) in [6.45, 7) is 7.51. The molecule has 0 spiro atoms. The molecule has 2 fully saturated rings. The van der Waals surface area contributed by atoms with E-state index >= 15 is 0 Å². The maximum Gasteiger partial charge on any atom is 0.235 e. The summed E-state index contributed by atoms with van der Waals surface area (Å²) in [6.07, 6.45) is 5.01. The number of aryl methyl sites for hydroxylation is 1. The Labute approximate surface area is 185 Å². The van der Waals surface area contributed by atoms with Crippen molar-refractivity contribution in [1.82, 2.24) is 4.90 Å². The lowest BCUT2D eigenvalue weighted by Crippen LogP contribution is -2.38. The molecule has 0 aromatic heterocycles. The molecule has 1 amide bonds. The molecule has 0 unspecified atom stereocenters. The molecule has 0 bridgehead atoms. The highest BCUT2D eigenvalue weighted by atomic mass is 16.5. The van der Waals surface area contributed by atoms with Crippen LogP contribution in [0.5, 0.6) is 5.75 Å². The lowest BCUT2D eigenvalue weighted by atomic mass is 9.77. The number of nitrogens with one attached hydrogen (secondary N) is 1. The largest absolute Gasteiger partial charge is 0.494 e. The van der Waals surface area contributed by atoms with Gasteiger partial charge in [0.2, 0.25) is 5.91 Å². The van der Waals surface area contributed by atoms with Crippen molar-refractivity contribution in [3.63, 3.8) is 0 Å². The summed E-state index contributed by atoms with van der Waals surface area (Å²) < 4.78 is 11.3. The molecule has 4 rings (SSSR count). The Balaban J connectivity index is 1.31. The minimum Gasteiger partial charge on any atom is -0.494 e. The number of carbonyl (C=O) groups excluding carboxylic acids is 1. The standard InChI is InChI=1S/C26H34N2O3/c1-21-6-4-7-22(20-21)26(12-2-3-13-26)25(29)27-23-8-10-24(11-9-23)31-17-5-14-28-15-18-30-19-16-28/h4,6-11,20H,2-3,5,12-19H2,1H3,(H,27,29). The molecule has 0 radical (unpaired) electrons. The fourth-order valence-electron chi connectivity index (χ4n) is 4.76. The van der Waals surface area contributed by atoms with Crippen LogP contribution in [0.25, 0.3) is 0 Å². The Bertz CT molecular complexity index is 853. The third-order valence-electron chi connectivity index (χ3n) is 6.57. The van der Waals surface area contributed by atoms with Crippen molar-refractivity contribution in [3.8, 4) is 5.75 Å². The second-order valence-corrected chi connectivity index (χ2v) is 8.79. The van der Waals surface area contributed by atoms with Crippen LogP contribution in [0.1, 0.15) is 43.2 Å². The zero-order valence-corrected chi connectivity index (χ0v) is 18.6. The lowest BCUT2D eigenvalue weighted by molar-refractivity contribution is -0.121. The van der Waals surface area contributed by atoms with Gasteiger partial charge in [-0.1, -0.05) is 42.7 Å². The van der Waals surface area contributed by atoms with E-state index in [9.17, 15) is 4.79 Å². The summed E-state index contributed by atoms with van der Waals surface area (Å²) in [7, 11) is 0. The number of hydrogen-bond donors (Lipinski definition) is 1. The van der Waals surface area contributed by atoms with Crippen LogP contribution < -0.4 is 10.1 Å². The first kappa shape index (κ1) is 21.8. The van der Waals surface area contributed by atoms with E-state index < -0.39 is 5.41 Å². The molecule has 1 aliphatic heterocycles. The number of morpholine rings is 1. The molecule has 0 atom stereocenters. The van der Waals surface area contributed by atoms with Crippen molar-refractivity contribution in [1.29, 1.82) is 0 Å². The number of hydrogen-bond acceptors (Lipinski definition) is 4. The van der Waals surface area contributed by atoms with E-state index in [1.165, 1.54) is 5.56 Å². The van der Waals surface area contributed by atoms with E-state index in [0.29, 0.717) is 6.61 Å². The Morgan fingerprint density at radius 2 is 1.84 bits per heavy atom. The van der Waals surface area contributed by atoms with Gasteiger partial charge in [0.15, 0.2) is 0 Å². The third-order valence-corrected chi connectivity index (χ3v) is 6.57. The smallest absolute Gasteiger partial charge is 0.235 e. The zero-order valence-electron chi connectivity index (χ0n) is 18.6. The van der Waals surface area contributed by atoms with E-state index in [1.807, 2.05) is 24.3 Å². The van der Waals surface area contributed by atoms with Gasteiger partial charge in [-0.05, 0) is 56.0 Å². The summed E-state index contributed by atoms with van der Waals surface area (Å²) in [5.74, 6) is 0.948. The van der Waals surface area contributed by atoms with E-state index in [2.05, 4.69) is 41.4 Å². The van der Waals surface area contributed by atoms with Crippen LogP contribution >= 0.6 is 0 Å². The fraction of sp³-hybridized carbons (Fsp3) is 0.500. The summed E-state index contributed by atoms with van der Waals surface area (Å²) in [6, 6.07) is 16.2. The van der Waals surface area contributed by atoms with Gasteiger partial charge in [0.1, 0.15) is 5.75 Å². The molecule has 31 heavy (non-hydrogen) atoms. The second kappa shape index (κ2) is 10.3. The first-order valence-electron chi connectivity index (χ1n) is 11.6. The SMILES string of the molecule is Cc1cccc(C2(C(=O)Nc3ccc(OCCCN4CCOCC4)cc3)CCCC2)c1. The zero-order chi connectivity index (χ0) is 21.5. The Morgan fingerprint density at radius 3 is 2.55 bits per heavy atom. The van der Waals surface area contributed by atoms with Gasteiger partial charge in [-0.2, -0.15) is 0 Å². The van der Waals surface area contributed by atoms with Gasteiger partial charge in [0.25, 0.3) is 0 Å². The van der Waals surface area contributed by atoms with E-state index in [1.54, 1.807) is 0 Å². The quantitative estimate of drug-likeness (QED) is 0.634. The normalized spacial score (nSPS) is 18.6. The molecule has 2 aromatic rings. The number of ether oxygens (including phenoxy) is 2. The topological polar surface area (TPSA) is 50.8 Å². The minimum atomic E-state index is -0.416. The maximum atomic E-state index is 13.3. The number of amides is 1. The summed E-state index contributed by atoms with van der Waals surface area (Å²) >= 11 is 0. The number of anilines is 1. The van der Waals surface area contributed by atoms with Crippen molar-refractivity contribution < 1.29 is 14.3 Å². The van der Waals surface area contributed by atoms with Crippen LogP contribution in [0.3, 0.4) is 0 Å². The van der Waals surface area contributed by atoms with Crippen molar-refractivity contribution in [2.75, 3.05) is 44.8 Å². The van der Waals surface area contributed by atoms with Crippen molar-refractivity contribution in [3.05, 3.63) is 59.7 Å². The van der Waals surface area contributed by atoms with Gasteiger partial charge < -0.3 is 14.8 Å². The van der Waals surface area contributed by atoms with Gasteiger partial charge in [-0.15, -0.1) is 0 Å². The van der Waals surface area contributed by atoms with Gasteiger partial charge in [0, 0.05) is 25.3 Å². The molecular formula is C26H34N2O3. The average Bonchev–Trinajstić information content (AvgIpc) is 3.30. The molecule has 1 heterocycles. The highest BCUT2D eigenvalue weighted by molar-refractivity contribution is 5.99. The van der Waals surface area contributed by atoms with Gasteiger partial charge in [-0.25, -0.2) is 0 Å². The molecule has 5 nitrogen and oxygen atoms in total. The number of nitrogens with zero attached hydrogens (tertiary/aromatic N) is 1. The maximum absolute atomic E-state index is 13.3. The first-order chi connectivity index (χ1) is 15.2. The fourth-order valence-corrected chi connectivity index (χ4v) is 4.76. The summed E-state index contributed by atoms with van der Waals surface area (Å²) in [5, 5.41) is 3.17. The highest BCUT2D eigenvalue weighted by Gasteiger charge is 2.42. The van der Waals surface area contributed by atoms with Crippen LogP contribution in [0, 0.1) is 6.92 Å². The Morgan fingerprint density at radius 1 is 1.10 bits per heavy atom. The van der Waals surface area contributed by atoms with E-state index in [-0.39, 0.29) is 5.91 Å². The first-order valence-corrected chi connectivity index (χ1v) is 11.6. The molecule has 1 N–H and O–H groups in total. The van der Waals surface area contributed by atoms with E-state index in [0.717, 1.165) is 82.0 Å².